The minimum absolute atomic E-state index is 0.198. The van der Waals surface area contributed by atoms with Gasteiger partial charge in [0.1, 0.15) is 0 Å². The topological polar surface area (TPSA) is 18.5 Å². The van der Waals surface area contributed by atoms with E-state index in [2.05, 4.69) is 6.07 Å². The van der Waals surface area contributed by atoms with Crippen molar-refractivity contribution in [3.63, 3.8) is 0 Å². The highest BCUT2D eigenvalue weighted by atomic mass is 16.7. The van der Waals surface area contributed by atoms with E-state index in [-0.39, 0.29) is 29.7 Å². The molecule has 1 saturated heterocycles. The molecular formula is C28H27BO2. The Morgan fingerprint density at radius 3 is 2.16 bits per heavy atom. The number of hydrogen-bond acceptors (Lipinski definition) is 2. The fourth-order valence-corrected chi connectivity index (χ4v) is 3.91. The minimum Gasteiger partial charge on any atom is -0.399 e. The molecule has 1 heterocycles. The van der Waals surface area contributed by atoms with Crippen LogP contribution in [0.3, 0.4) is 0 Å². The van der Waals surface area contributed by atoms with Gasteiger partial charge in [0.2, 0.25) is 0 Å². The van der Waals surface area contributed by atoms with Gasteiger partial charge >= 0.3 is 7.12 Å². The molecule has 4 aromatic carbocycles. The lowest BCUT2D eigenvalue weighted by molar-refractivity contribution is 0.00578. The van der Waals surface area contributed by atoms with E-state index >= 15 is 0 Å². The predicted molar refractivity (Wildman–Crippen MR) is 131 cm³/mol. The van der Waals surface area contributed by atoms with Crippen LogP contribution in [0.1, 0.15) is 34.5 Å². The third kappa shape index (κ3) is 3.58. The summed E-state index contributed by atoms with van der Waals surface area (Å²) in [7, 11) is -0.480. The third-order valence-corrected chi connectivity index (χ3v) is 6.39. The standard InChI is InChI=1S/C28H27BO2/c1-27(2)28(3,4)31-29(30-27)24-14-8-13-23(18-24)25-15-9-12-21-16-17-22(19-26(21)25)20-10-6-5-7-11-20/h5-19H,1-4H3/i5D,6D,7D,10D,11D. The van der Waals surface area contributed by atoms with Gasteiger partial charge < -0.3 is 9.31 Å². The van der Waals surface area contributed by atoms with Crippen molar-refractivity contribution in [1.29, 1.82) is 0 Å². The van der Waals surface area contributed by atoms with Crippen molar-refractivity contribution in [2.24, 2.45) is 0 Å². The lowest BCUT2D eigenvalue weighted by Crippen LogP contribution is -2.41. The van der Waals surface area contributed by atoms with Crippen LogP contribution in [0.25, 0.3) is 33.0 Å². The largest absolute Gasteiger partial charge is 0.494 e. The molecule has 0 bridgehead atoms. The Kier molecular flexibility index (Phi) is 3.57. The van der Waals surface area contributed by atoms with Crippen molar-refractivity contribution in [2.75, 3.05) is 0 Å². The molecule has 31 heavy (non-hydrogen) atoms. The van der Waals surface area contributed by atoms with Gasteiger partial charge in [-0.25, -0.2) is 0 Å². The minimum atomic E-state index is -0.480. The quantitative estimate of drug-likeness (QED) is 0.360. The van der Waals surface area contributed by atoms with Crippen molar-refractivity contribution < 1.29 is 16.2 Å². The summed E-state index contributed by atoms with van der Waals surface area (Å²) in [5.74, 6) is 0. The van der Waals surface area contributed by atoms with Crippen LogP contribution in [0.5, 0.6) is 0 Å². The molecule has 0 atom stereocenters. The van der Waals surface area contributed by atoms with E-state index in [1.165, 1.54) is 0 Å². The van der Waals surface area contributed by atoms with Crippen LogP contribution < -0.4 is 5.46 Å². The van der Waals surface area contributed by atoms with Crippen LogP contribution in [0.2, 0.25) is 0 Å². The molecular weight excluding hydrogens is 379 g/mol. The monoisotopic (exact) mass is 411 g/mol. The molecule has 3 heteroatoms. The number of fused-ring (bicyclic) bond motifs is 1. The second-order valence-electron chi connectivity index (χ2n) is 8.96. The van der Waals surface area contributed by atoms with Gasteiger partial charge in [0.05, 0.1) is 18.1 Å². The second-order valence-corrected chi connectivity index (χ2v) is 8.96. The fraction of sp³-hybridized carbons (Fsp3) is 0.214. The molecule has 5 rings (SSSR count). The molecule has 154 valence electrons. The molecule has 2 nitrogen and oxygen atoms in total. The van der Waals surface area contributed by atoms with Crippen LogP contribution in [-0.4, -0.2) is 18.3 Å². The van der Waals surface area contributed by atoms with E-state index in [0.717, 1.165) is 27.4 Å². The van der Waals surface area contributed by atoms with E-state index in [9.17, 15) is 0 Å². The maximum atomic E-state index is 8.39. The van der Waals surface area contributed by atoms with Gasteiger partial charge in [-0.2, -0.15) is 0 Å². The average molecular weight is 411 g/mol. The van der Waals surface area contributed by atoms with Gasteiger partial charge in [0.15, 0.2) is 0 Å². The zero-order chi connectivity index (χ0) is 26.0. The summed E-state index contributed by atoms with van der Waals surface area (Å²) in [4.78, 5) is 0. The molecule has 0 aliphatic carbocycles. The lowest BCUT2D eigenvalue weighted by atomic mass is 9.77. The Bertz CT molecular complexity index is 1470. The molecule has 4 aromatic rings. The summed E-state index contributed by atoms with van der Waals surface area (Å²) < 4.78 is 53.3. The maximum absolute atomic E-state index is 8.39. The molecule has 0 amide bonds. The van der Waals surface area contributed by atoms with Crippen molar-refractivity contribution in [3.8, 4) is 22.3 Å². The van der Waals surface area contributed by atoms with Crippen molar-refractivity contribution in [2.45, 2.75) is 38.9 Å². The van der Waals surface area contributed by atoms with Gasteiger partial charge in [-0.05, 0) is 72.3 Å². The maximum Gasteiger partial charge on any atom is 0.494 e. The Morgan fingerprint density at radius 1 is 0.710 bits per heavy atom. The van der Waals surface area contributed by atoms with E-state index in [1.54, 1.807) is 6.07 Å². The van der Waals surface area contributed by atoms with Gasteiger partial charge in [0.25, 0.3) is 0 Å². The highest BCUT2D eigenvalue weighted by Gasteiger charge is 2.51. The first kappa shape index (κ1) is 15.0. The Hall–Kier alpha value is -2.88. The van der Waals surface area contributed by atoms with Crippen molar-refractivity contribution in [1.82, 2.24) is 0 Å². The van der Waals surface area contributed by atoms with Crippen molar-refractivity contribution >= 4 is 23.4 Å². The van der Waals surface area contributed by atoms with Crippen LogP contribution in [0.4, 0.5) is 0 Å². The first-order valence-electron chi connectivity index (χ1n) is 13.0. The van der Waals surface area contributed by atoms with Crippen LogP contribution in [-0.2, 0) is 9.31 Å². The fourth-order valence-electron chi connectivity index (χ4n) is 3.91. The second kappa shape index (κ2) is 7.37. The van der Waals surface area contributed by atoms with Gasteiger partial charge in [-0.15, -0.1) is 0 Å². The molecule has 1 fully saturated rings. The normalized spacial score (nSPS) is 19.5. The Labute approximate surface area is 192 Å². The molecule has 1 aliphatic rings. The van der Waals surface area contributed by atoms with Gasteiger partial charge in [-0.1, -0.05) is 84.8 Å². The first-order valence-corrected chi connectivity index (χ1v) is 10.5. The van der Waals surface area contributed by atoms with E-state index < -0.39 is 24.4 Å². The smallest absolute Gasteiger partial charge is 0.399 e. The SMILES string of the molecule is [2H]c1c([2H])c([2H])c(-c2ccc3cccc(-c4cccc(B5OC(C)(C)C(C)(C)O5)c4)c3c2)c([2H])c1[2H]. The number of rotatable bonds is 3. The van der Waals surface area contributed by atoms with Crippen LogP contribution in [0.15, 0.2) is 90.9 Å². The summed E-state index contributed by atoms with van der Waals surface area (Å²) in [5.41, 5.74) is 2.77. The van der Waals surface area contributed by atoms with E-state index in [0.29, 0.717) is 5.56 Å². The molecule has 0 spiro atoms. The average Bonchev–Trinajstić information content (AvgIpc) is 3.08. The molecule has 0 N–H and O–H groups in total. The summed E-state index contributed by atoms with van der Waals surface area (Å²) >= 11 is 0. The molecule has 0 unspecified atom stereocenters. The summed E-state index contributed by atoms with van der Waals surface area (Å²) in [6.07, 6.45) is 0. The van der Waals surface area contributed by atoms with Crippen LogP contribution >= 0.6 is 0 Å². The van der Waals surface area contributed by atoms with E-state index in [4.69, 9.17) is 16.2 Å². The van der Waals surface area contributed by atoms with Crippen LogP contribution in [0, 0.1) is 0 Å². The highest BCUT2D eigenvalue weighted by Crippen LogP contribution is 2.37. The van der Waals surface area contributed by atoms with Crippen molar-refractivity contribution in [3.05, 3.63) is 90.9 Å². The molecule has 0 saturated carbocycles. The molecule has 1 aliphatic heterocycles. The Balaban J connectivity index is 1.63. The number of hydrogen-bond donors (Lipinski definition) is 0. The van der Waals surface area contributed by atoms with Gasteiger partial charge in [0, 0.05) is 0 Å². The zero-order valence-electron chi connectivity index (χ0n) is 23.2. The van der Waals surface area contributed by atoms with Gasteiger partial charge in [-0.3, -0.25) is 0 Å². The Morgan fingerprint density at radius 2 is 1.42 bits per heavy atom. The summed E-state index contributed by atoms with van der Waals surface area (Å²) in [5, 5.41) is 1.91. The summed E-state index contributed by atoms with van der Waals surface area (Å²) in [6, 6.07) is 18.2. The van der Waals surface area contributed by atoms with E-state index in [1.807, 2.05) is 76.2 Å². The number of benzene rings is 4. The predicted octanol–water partition coefficient (Wildman–Crippen LogP) is 6.47. The molecule has 0 aromatic heterocycles. The lowest BCUT2D eigenvalue weighted by Gasteiger charge is -2.32. The summed E-state index contributed by atoms with van der Waals surface area (Å²) in [6.45, 7) is 8.12. The third-order valence-electron chi connectivity index (χ3n) is 6.39. The molecule has 0 radical (unpaired) electrons. The highest BCUT2D eigenvalue weighted by molar-refractivity contribution is 6.62. The first-order chi connectivity index (χ1) is 16.9. The zero-order valence-corrected chi connectivity index (χ0v) is 18.2.